The first-order valence-corrected chi connectivity index (χ1v) is 21.3. The molecule has 5 heteroatoms. The number of thiophene rings is 1. The lowest BCUT2D eigenvalue weighted by Crippen LogP contribution is -2.68. The van der Waals surface area contributed by atoms with Crippen LogP contribution in [0.4, 0.5) is 0 Å². The number of fused-ring (bicyclic) bond motifs is 1. The quantitative estimate of drug-likeness (QED) is 0.142. The molecule has 0 fully saturated rings. The summed E-state index contributed by atoms with van der Waals surface area (Å²) >= 11 is 1.82. The van der Waals surface area contributed by atoms with E-state index in [1.807, 2.05) is 11.3 Å². The molecule has 0 bridgehead atoms. The summed E-state index contributed by atoms with van der Waals surface area (Å²) in [4.78, 5) is 0. The molecular formula is C41H48O2SSi2. The molecule has 1 aliphatic carbocycles. The van der Waals surface area contributed by atoms with Gasteiger partial charge >= 0.3 is 0 Å². The molecule has 0 spiro atoms. The van der Waals surface area contributed by atoms with Crippen LogP contribution in [0.2, 0.25) is 10.1 Å². The molecule has 6 rings (SSSR count). The van der Waals surface area contributed by atoms with Crippen LogP contribution in [0.15, 0.2) is 132 Å². The van der Waals surface area contributed by atoms with Crippen LogP contribution in [0.1, 0.15) is 52.7 Å². The van der Waals surface area contributed by atoms with Crippen molar-refractivity contribution in [3.05, 3.63) is 143 Å². The van der Waals surface area contributed by atoms with Crippen LogP contribution in [0.3, 0.4) is 0 Å². The van der Waals surface area contributed by atoms with Crippen LogP contribution in [0.25, 0.3) is 0 Å². The average Bonchev–Trinajstić information content (AvgIpc) is 3.62. The predicted octanol–water partition coefficient (Wildman–Crippen LogP) is 7.99. The van der Waals surface area contributed by atoms with E-state index in [1.54, 1.807) is 0 Å². The third-order valence-corrected chi connectivity index (χ3v) is 20.8. The molecule has 0 saturated heterocycles. The highest BCUT2D eigenvalue weighted by molar-refractivity contribution is 7.08. The van der Waals surface area contributed by atoms with E-state index >= 15 is 0 Å². The van der Waals surface area contributed by atoms with E-state index in [9.17, 15) is 0 Å². The Balaban J connectivity index is 1.45. The third-order valence-electron chi connectivity index (χ3n) is 9.99. The SMILES string of the molecule is CC(C)(C)[Si](OCC1(CO[Si](c2ccccc2)(c2ccccc2)C(C)(C)C)Cc2cscc2C1)(c1ccccc1)c1ccccc1. The fraction of sp³-hybridized carbons (Fsp3) is 0.317. The van der Waals surface area contributed by atoms with Gasteiger partial charge in [0.1, 0.15) is 0 Å². The highest BCUT2D eigenvalue weighted by atomic mass is 32.1. The zero-order chi connectivity index (χ0) is 32.5. The Morgan fingerprint density at radius 2 is 0.783 bits per heavy atom. The van der Waals surface area contributed by atoms with Gasteiger partial charge in [-0.15, -0.1) is 0 Å². The highest BCUT2D eigenvalue weighted by Gasteiger charge is 2.54. The number of benzene rings is 4. The van der Waals surface area contributed by atoms with Gasteiger partial charge < -0.3 is 8.85 Å². The van der Waals surface area contributed by atoms with Gasteiger partial charge in [-0.25, -0.2) is 0 Å². The summed E-state index contributed by atoms with van der Waals surface area (Å²) in [7, 11) is -5.46. The Kier molecular flexibility index (Phi) is 9.18. The largest absolute Gasteiger partial charge is 0.407 e. The molecule has 1 aliphatic rings. The van der Waals surface area contributed by atoms with Crippen molar-refractivity contribution in [1.29, 1.82) is 0 Å². The second-order valence-electron chi connectivity index (χ2n) is 15.2. The molecule has 0 radical (unpaired) electrons. The molecule has 0 atom stereocenters. The molecular weight excluding hydrogens is 613 g/mol. The lowest BCUT2D eigenvalue weighted by atomic mass is 9.87. The topological polar surface area (TPSA) is 18.5 Å². The van der Waals surface area contributed by atoms with Gasteiger partial charge in [0.05, 0.1) is 0 Å². The minimum absolute atomic E-state index is 0.0847. The van der Waals surface area contributed by atoms with Crippen molar-refractivity contribution < 1.29 is 8.85 Å². The van der Waals surface area contributed by atoms with Crippen LogP contribution in [0.5, 0.6) is 0 Å². The fourth-order valence-electron chi connectivity index (χ4n) is 7.82. The maximum atomic E-state index is 7.69. The summed E-state index contributed by atoms with van der Waals surface area (Å²) in [5, 5.41) is 9.82. The standard InChI is InChI=1S/C41H48O2SSi2/c1-39(2,3)45(35-19-11-7-12-20-35,36-21-13-8-14-22-36)42-31-41(27-33-29-44-30-34(33)28-41)32-43-46(40(4,5)6,37-23-15-9-16-24-37)38-25-17-10-18-26-38/h7-26,29-30H,27-28,31-32H2,1-6H3. The van der Waals surface area contributed by atoms with Crippen LogP contribution in [-0.4, -0.2) is 29.8 Å². The third kappa shape index (κ3) is 5.93. The van der Waals surface area contributed by atoms with E-state index in [0.29, 0.717) is 13.2 Å². The molecule has 238 valence electrons. The minimum atomic E-state index is -2.73. The Labute approximate surface area is 282 Å². The second-order valence-corrected chi connectivity index (χ2v) is 24.5. The lowest BCUT2D eigenvalue weighted by molar-refractivity contribution is 0.0772. The maximum absolute atomic E-state index is 7.69. The van der Waals surface area contributed by atoms with Crippen molar-refractivity contribution in [2.24, 2.45) is 5.41 Å². The Morgan fingerprint density at radius 1 is 0.500 bits per heavy atom. The summed E-state index contributed by atoms with van der Waals surface area (Å²) in [5.41, 5.74) is 2.75. The van der Waals surface area contributed by atoms with Crippen molar-refractivity contribution in [3.63, 3.8) is 0 Å². The van der Waals surface area contributed by atoms with Crippen LogP contribution >= 0.6 is 11.3 Å². The summed E-state index contributed by atoms with van der Waals surface area (Å²) < 4.78 is 15.4. The normalized spacial score (nSPS) is 15.1. The van der Waals surface area contributed by atoms with Gasteiger partial charge in [-0.2, -0.15) is 11.3 Å². The first-order chi connectivity index (χ1) is 22.0. The molecule has 46 heavy (non-hydrogen) atoms. The minimum Gasteiger partial charge on any atom is -0.407 e. The van der Waals surface area contributed by atoms with Crippen molar-refractivity contribution in [2.75, 3.05) is 13.2 Å². The average molecular weight is 661 g/mol. The summed E-state index contributed by atoms with van der Waals surface area (Å²) in [6.45, 7) is 15.5. The lowest BCUT2D eigenvalue weighted by Gasteiger charge is -2.47. The van der Waals surface area contributed by atoms with Gasteiger partial charge in [0.15, 0.2) is 0 Å². The monoisotopic (exact) mass is 660 g/mol. The number of hydrogen-bond acceptors (Lipinski definition) is 3. The molecule has 0 amide bonds. The number of hydrogen-bond donors (Lipinski definition) is 0. The smallest absolute Gasteiger partial charge is 0.261 e. The highest BCUT2D eigenvalue weighted by Crippen LogP contribution is 2.45. The molecule has 1 heterocycles. The van der Waals surface area contributed by atoms with Gasteiger partial charge in [0, 0.05) is 18.6 Å². The maximum Gasteiger partial charge on any atom is 0.261 e. The molecule has 5 aromatic rings. The zero-order valence-corrected chi connectivity index (χ0v) is 31.1. The van der Waals surface area contributed by atoms with Crippen LogP contribution in [0, 0.1) is 5.41 Å². The fourth-order valence-corrected chi connectivity index (χ4v) is 18.0. The van der Waals surface area contributed by atoms with Gasteiger partial charge in [-0.3, -0.25) is 0 Å². The van der Waals surface area contributed by atoms with Crippen molar-refractivity contribution >= 4 is 48.7 Å². The first kappa shape index (κ1) is 32.9. The van der Waals surface area contributed by atoms with E-state index in [2.05, 4.69) is 174 Å². The van der Waals surface area contributed by atoms with E-state index in [1.165, 1.54) is 31.9 Å². The van der Waals surface area contributed by atoms with Crippen LogP contribution in [-0.2, 0) is 21.7 Å². The van der Waals surface area contributed by atoms with Gasteiger partial charge in [0.25, 0.3) is 16.6 Å². The molecule has 0 unspecified atom stereocenters. The number of rotatable bonds is 10. The first-order valence-electron chi connectivity index (χ1n) is 16.5. The molecule has 1 aromatic heterocycles. The van der Waals surface area contributed by atoms with E-state index in [-0.39, 0.29) is 15.5 Å². The van der Waals surface area contributed by atoms with Crippen molar-refractivity contribution in [1.82, 2.24) is 0 Å². The van der Waals surface area contributed by atoms with Crippen LogP contribution < -0.4 is 20.7 Å². The second kappa shape index (κ2) is 12.9. The van der Waals surface area contributed by atoms with Gasteiger partial charge in [0.2, 0.25) is 0 Å². The van der Waals surface area contributed by atoms with E-state index in [4.69, 9.17) is 8.85 Å². The summed E-state index contributed by atoms with van der Waals surface area (Å²) in [5.74, 6) is 0. The molecule has 4 aromatic carbocycles. The molecule has 0 aliphatic heterocycles. The summed E-state index contributed by atoms with van der Waals surface area (Å²) in [6.07, 6.45) is 1.95. The predicted molar refractivity (Wildman–Crippen MR) is 201 cm³/mol. The van der Waals surface area contributed by atoms with Gasteiger partial charge in [-0.1, -0.05) is 163 Å². The molecule has 0 saturated carbocycles. The Bertz CT molecular complexity index is 1500. The van der Waals surface area contributed by atoms with Crippen molar-refractivity contribution in [2.45, 2.75) is 64.5 Å². The Hall–Kier alpha value is -3.07. The molecule has 0 N–H and O–H groups in total. The summed E-state index contributed by atoms with van der Waals surface area (Å²) in [6, 6.07) is 44.2. The van der Waals surface area contributed by atoms with Crippen molar-refractivity contribution in [3.8, 4) is 0 Å². The van der Waals surface area contributed by atoms with E-state index in [0.717, 1.165) is 12.8 Å². The van der Waals surface area contributed by atoms with E-state index < -0.39 is 16.6 Å². The Morgan fingerprint density at radius 3 is 1.04 bits per heavy atom. The molecule has 2 nitrogen and oxygen atoms in total. The van der Waals surface area contributed by atoms with Gasteiger partial charge in [-0.05, 0) is 65.6 Å². The zero-order valence-electron chi connectivity index (χ0n) is 28.3.